The molecule has 0 amide bonds. The summed E-state index contributed by atoms with van der Waals surface area (Å²) in [5, 5.41) is 22.9. The Morgan fingerprint density at radius 1 is 1.57 bits per heavy atom. The van der Waals surface area contributed by atoms with E-state index >= 15 is 0 Å². The maximum Gasteiger partial charge on any atom is 0.432 e. The zero-order valence-electron chi connectivity index (χ0n) is 8.02. The van der Waals surface area contributed by atoms with E-state index in [1.165, 1.54) is 0 Å². The first kappa shape index (κ1) is 16.6. The van der Waals surface area contributed by atoms with E-state index in [1.54, 1.807) is 0 Å². The lowest BCUT2D eigenvalue weighted by atomic mass is 10.1. The largest absolute Gasteiger partial charge is 0.480 e. The van der Waals surface area contributed by atoms with Crippen molar-refractivity contribution in [3.8, 4) is 0 Å². The van der Waals surface area contributed by atoms with Gasteiger partial charge in [-0.3, -0.25) is 4.79 Å². The van der Waals surface area contributed by atoms with Crippen LogP contribution in [0.1, 0.15) is 20.3 Å². The molecule has 0 bridgehead atoms. The minimum absolute atomic E-state index is 0.315. The molecule has 0 spiro atoms. The fourth-order valence-electron chi connectivity index (χ4n) is 0.711. The van der Waals surface area contributed by atoms with Crippen molar-refractivity contribution in [3.63, 3.8) is 0 Å². The van der Waals surface area contributed by atoms with E-state index in [0.29, 0.717) is 12.3 Å². The third-order valence-corrected chi connectivity index (χ3v) is 1.95. The Labute approximate surface area is 97.4 Å². The molecule has 14 heavy (non-hydrogen) atoms. The highest BCUT2D eigenvalue weighted by Gasteiger charge is 2.23. The van der Waals surface area contributed by atoms with Crippen LogP contribution in [-0.2, 0) is 4.79 Å². The molecule has 0 heterocycles. The van der Waals surface area contributed by atoms with Gasteiger partial charge in [0.15, 0.2) is 0 Å². The average molecular weight is 290 g/mol. The molecule has 0 aromatic heterocycles. The molecule has 0 fully saturated rings. The van der Waals surface area contributed by atoms with Gasteiger partial charge in [-0.2, -0.15) is 0 Å². The quantitative estimate of drug-likeness (QED) is 0.518. The summed E-state index contributed by atoms with van der Waals surface area (Å²) in [6, 6.07) is -0.656. The summed E-state index contributed by atoms with van der Waals surface area (Å²) in [4.78, 5) is 10.5. The third kappa shape index (κ3) is 10.3. The number of aliphatic carboxylic acids is 1. The van der Waals surface area contributed by atoms with Gasteiger partial charge in [-0.1, -0.05) is 13.8 Å². The van der Waals surface area contributed by atoms with Crippen molar-refractivity contribution >= 4 is 41.6 Å². The van der Waals surface area contributed by atoms with E-state index in [1.807, 2.05) is 13.8 Å². The molecule has 0 aromatic rings. The molecule has 0 saturated heterocycles. The molecular weight excluding hydrogens is 276 g/mol. The van der Waals surface area contributed by atoms with Gasteiger partial charge >= 0.3 is 13.7 Å². The van der Waals surface area contributed by atoms with E-state index in [-0.39, 0.29) is 0 Å². The number of hydrogen-bond donors (Lipinski definition) is 3. The minimum atomic E-state index is -0.912. The number of carboxylic acid groups (broad SMARTS) is 1. The van der Waals surface area contributed by atoms with Gasteiger partial charge in [-0.05, 0) is 24.1 Å². The van der Waals surface area contributed by atoms with Crippen LogP contribution in [-0.4, -0.2) is 38.3 Å². The summed E-state index contributed by atoms with van der Waals surface area (Å²) < 4.78 is 1.02. The van der Waals surface area contributed by atoms with E-state index in [9.17, 15) is 4.79 Å². The van der Waals surface area contributed by atoms with Gasteiger partial charge in [0, 0.05) is 16.1 Å². The number of carbonyl (C=O) groups is 1. The van der Waals surface area contributed by atoms with Gasteiger partial charge < -0.3 is 15.2 Å². The van der Waals surface area contributed by atoms with Crippen LogP contribution in [0.5, 0.6) is 0 Å². The average Bonchev–Trinajstić information content (AvgIpc) is 2.00. The monoisotopic (exact) mass is 289 g/mol. The Balaban J connectivity index is 0. The first-order valence-electron chi connectivity index (χ1n) is 3.92. The van der Waals surface area contributed by atoms with Gasteiger partial charge in [-0.25, -0.2) is 0 Å². The highest BCUT2D eigenvalue weighted by Crippen LogP contribution is 2.17. The molecule has 5 nitrogen and oxygen atoms in total. The van der Waals surface area contributed by atoms with E-state index in [4.69, 9.17) is 26.9 Å². The summed E-state index contributed by atoms with van der Waals surface area (Å²) in [5.41, 5.74) is 0. The molecule has 0 rings (SSSR count). The van der Waals surface area contributed by atoms with Crippen molar-refractivity contribution in [1.82, 2.24) is 3.45 Å². The topological polar surface area (TPSA) is 81.0 Å². The number of carboxylic acids is 1. The summed E-state index contributed by atoms with van der Waals surface area (Å²) in [6.45, 7) is 3.90. The van der Waals surface area contributed by atoms with Gasteiger partial charge in [-0.15, -0.1) is 3.45 Å². The minimum Gasteiger partial charge on any atom is -0.480 e. The van der Waals surface area contributed by atoms with Crippen LogP contribution in [0.4, 0.5) is 0 Å². The highest BCUT2D eigenvalue weighted by molar-refractivity contribution is 9.08. The van der Waals surface area contributed by atoms with Crippen molar-refractivity contribution in [2.24, 2.45) is 5.92 Å². The third-order valence-electron chi connectivity index (χ3n) is 1.22. The SMILES string of the molecule is CC(C)CC(C(=O)O)N(Cl)Br.OBO. The summed E-state index contributed by atoms with van der Waals surface area (Å²) >= 11 is 8.34. The summed E-state index contributed by atoms with van der Waals surface area (Å²) in [5.74, 6) is -0.597. The Morgan fingerprint density at radius 3 is 2.00 bits per heavy atom. The smallest absolute Gasteiger partial charge is 0.432 e. The molecule has 8 heteroatoms. The molecule has 1 unspecified atom stereocenters. The van der Waals surface area contributed by atoms with Crippen molar-refractivity contribution in [2.45, 2.75) is 26.3 Å². The second-order valence-corrected chi connectivity index (χ2v) is 4.42. The fraction of sp³-hybridized carbons (Fsp3) is 0.833. The first-order valence-corrected chi connectivity index (χ1v) is 4.96. The maximum atomic E-state index is 10.5. The number of rotatable bonds is 4. The van der Waals surface area contributed by atoms with Crippen molar-refractivity contribution in [1.29, 1.82) is 0 Å². The van der Waals surface area contributed by atoms with Crippen LogP contribution in [0, 0.1) is 5.92 Å². The lowest BCUT2D eigenvalue weighted by molar-refractivity contribution is -0.140. The lowest BCUT2D eigenvalue weighted by Crippen LogP contribution is -2.30. The Morgan fingerprint density at radius 2 is 1.93 bits per heavy atom. The second-order valence-electron chi connectivity index (χ2n) is 2.88. The van der Waals surface area contributed by atoms with Crippen molar-refractivity contribution < 1.29 is 19.9 Å². The highest BCUT2D eigenvalue weighted by atomic mass is 79.9. The number of hydrogen-bond acceptors (Lipinski definition) is 4. The molecule has 0 aromatic carbocycles. The van der Waals surface area contributed by atoms with E-state index in [0.717, 1.165) is 3.45 Å². The molecule has 0 aliphatic carbocycles. The standard InChI is InChI=1S/C6H11BrClNO2.BH3O2/c1-4(2)3-5(6(10)11)9(7)8;2-1-3/h4-5H,3H2,1-2H3,(H,10,11);1-3H. The maximum absolute atomic E-state index is 10.5. The van der Waals surface area contributed by atoms with Crippen LogP contribution in [0.15, 0.2) is 0 Å². The van der Waals surface area contributed by atoms with Gasteiger partial charge in [0.25, 0.3) is 0 Å². The molecule has 0 saturated carbocycles. The van der Waals surface area contributed by atoms with Crippen LogP contribution in [0.25, 0.3) is 0 Å². The molecule has 3 N–H and O–H groups in total. The van der Waals surface area contributed by atoms with Crippen molar-refractivity contribution in [2.75, 3.05) is 0 Å². The van der Waals surface area contributed by atoms with Crippen LogP contribution in [0.2, 0.25) is 0 Å². The number of halogens is 2. The molecule has 0 radical (unpaired) electrons. The van der Waals surface area contributed by atoms with Crippen LogP contribution >= 0.6 is 27.9 Å². The van der Waals surface area contributed by atoms with Gasteiger partial charge in [0.2, 0.25) is 0 Å². The predicted octanol–water partition coefficient (Wildman–Crippen LogP) is 0.489. The zero-order chi connectivity index (χ0) is 11.7. The predicted molar refractivity (Wildman–Crippen MR) is 59.1 cm³/mol. The second kappa shape index (κ2) is 9.73. The Hall–Kier alpha value is 0.185. The first-order chi connectivity index (χ1) is 6.36. The fourth-order valence-corrected chi connectivity index (χ4v) is 1.22. The Bertz CT molecular complexity index is 161. The van der Waals surface area contributed by atoms with E-state index in [2.05, 4.69) is 16.1 Å². The van der Waals surface area contributed by atoms with Gasteiger partial charge in [0.05, 0.1) is 0 Å². The summed E-state index contributed by atoms with van der Waals surface area (Å²) in [7, 11) is -0.750. The molecule has 1 atom stereocenters. The number of nitrogens with zero attached hydrogens (tertiary/aromatic N) is 1. The van der Waals surface area contributed by atoms with E-state index < -0.39 is 19.7 Å². The molecule has 0 aliphatic rings. The molecule has 84 valence electrons. The summed E-state index contributed by atoms with van der Waals surface area (Å²) in [6.07, 6.45) is 0.532. The van der Waals surface area contributed by atoms with Crippen LogP contribution < -0.4 is 0 Å². The molecule has 0 aliphatic heterocycles. The lowest BCUT2D eigenvalue weighted by Gasteiger charge is -2.16. The Kier molecular flexibility index (Phi) is 11.5. The van der Waals surface area contributed by atoms with Crippen molar-refractivity contribution in [3.05, 3.63) is 0 Å². The zero-order valence-corrected chi connectivity index (χ0v) is 10.4. The van der Waals surface area contributed by atoms with Crippen LogP contribution in [0.3, 0.4) is 0 Å². The normalized spacial score (nSPS) is 12.0. The van der Waals surface area contributed by atoms with Gasteiger partial charge in [0.1, 0.15) is 6.04 Å². The molecular formula is C6H14BBrClNO4.